The summed E-state index contributed by atoms with van der Waals surface area (Å²) < 4.78 is 0.926. The Bertz CT molecular complexity index is 609. The molecule has 0 aliphatic carbocycles. The summed E-state index contributed by atoms with van der Waals surface area (Å²) in [5, 5.41) is 0. The van der Waals surface area contributed by atoms with Crippen molar-refractivity contribution in [2.75, 3.05) is 6.54 Å². The zero-order valence-electron chi connectivity index (χ0n) is 12.6. The predicted molar refractivity (Wildman–Crippen MR) is 90.2 cm³/mol. The topological polar surface area (TPSA) is 16.1 Å². The third-order valence-corrected chi connectivity index (χ3v) is 4.92. The molecule has 1 saturated heterocycles. The Morgan fingerprint density at radius 1 is 1.24 bits per heavy atom. The van der Waals surface area contributed by atoms with E-state index in [-0.39, 0.29) is 0 Å². The highest BCUT2D eigenvalue weighted by atomic mass is 79.9. The molecule has 1 aromatic carbocycles. The van der Waals surface area contributed by atoms with E-state index in [0.29, 0.717) is 12.1 Å². The average Bonchev–Trinajstić information content (AvgIpc) is 2.97. The lowest BCUT2D eigenvalue weighted by Crippen LogP contribution is -2.26. The molecule has 2 aromatic rings. The van der Waals surface area contributed by atoms with Gasteiger partial charge >= 0.3 is 0 Å². The maximum absolute atomic E-state index is 4.25. The number of aryl methyl sites for hydroxylation is 1. The van der Waals surface area contributed by atoms with Crippen molar-refractivity contribution in [1.29, 1.82) is 0 Å². The molecule has 21 heavy (non-hydrogen) atoms. The van der Waals surface area contributed by atoms with E-state index < -0.39 is 0 Å². The third kappa shape index (κ3) is 3.19. The second kappa shape index (κ2) is 6.29. The van der Waals surface area contributed by atoms with Crippen molar-refractivity contribution in [1.82, 2.24) is 9.88 Å². The van der Waals surface area contributed by atoms with Crippen molar-refractivity contribution in [2.24, 2.45) is 0 Å². The minimum Gasteiger partial charge on any atom is -0.290 e. The molecule has 2 heterocycles. The van der Waals surface area contributed by atoms with E-state index >= 15 is 0 Å². The number of likely N-dealkylation sites (tertiary alicyclic amines) is 1. The largest absolute Gasteiger partial charge is 0.290 e. The Morgan fingerprint density at radius 3 is 2.71 bits per heavy atom. The van der Waals surface area contributed by atoms with Crippen LogP contribution in [0.25, 0.3) is 0 Å². The van der Waals surface area contributed by atoms with Crippen LogP contribution in [-0.2, 0) is 0 Å². The van der Waals surface area contributed by atoms with Crippen molar-refractivity contribution in [3.63, 3.8) is 0 Å². The smallest absolute Gasteiger partial charge is 0.106 e. The lowest BCUT2D eigenvalue weighted by Gasteiger charge is -2.31. The molecule has 0 unspecified atom stereocenters. The highest BCUT2D eigenvalue weighted by molar-refractivity contribution is 9.10. The van der Waals surface area contributed by atoms with Gasteiger partial charge < -0.3 is 0 Å². The van der Waals surface area contributed by atoms with E-state index in [0.717, 1.165) is 4.60 Å². The first-order valence-electron chi connectivity index (χ1n) is 7.59. The molecule has 0 bridgehead atoms. The normalized spacial score (nSPS) is 20.6. The summed E-state index contributed by atoms with van der Waals surface area (Å²) in [4.78, 5) is 6.86. The molecule has 2 atom stereocenters. The molecular weight excluding hydrogens is 324 g/mol. The van der Waals surface area contributed by atoms with Crippen LogP contribution in [-0.4, -0.2) is 16.4 Å². The molecule has 1 aliphatic rings. The molecule has 2 nitrogen and oxygen atoms in total. The average molecular weight is 345 g/mol. The van der Waals surface area contributed by atoms with Gasteiger partial charge in [-0.3, -0.25) is 4.90 Å². The number of aromatic nitrogens is 1. The molecule has 1 aliphatic heterocycles. The van der Waals surface area contributed by atoms with Crippen LogP contribution >= 0.6 is 15.9 Å². The van der Waals surface area contributed by atoms with Crippen molar-refractivity contribution < 1.29 is 0 Å². The number of pyridine rings is 1. The van der Waals surface area contributed by atoms with Gasteiger partial charge in [0.1, 0.15) is 4.60 Å². The standard InChI is InChI=1S/C18H21BrN2/c1-13-5-7-15(8-6-13)14(2)21-11-3-4-17(21)16-9-10-20-18(19)12-16/h5-10,12,14,17H,3-4,11H2,1-2H3/t14-,17+/m1/s1. The number of hydrogen-bond donors (Lipinski definition) is 0. The fourth-order valence-electron chi connectivity index (χ4n) is 3.27. The number of rotatable bonds is 3. The first-order chi connectivity index (χ1) is 10.1. The maximum atomic E-state index is 4.25. The second-order valence-electron chi connectivity index (χ2n) is 5.89. The highest BCUT2D eigenvalue weighted by Crippen LogP contribution is 2.38. The van der Waals surface area contributed by atoms with Crippen LogP contribution in [0.1, 0.15) is 48.5 Å². The molecule has 3 heteroatoms. The molecule has 0 saturated carbocycles. The van der Waals surface area contributed by atoms with Gasteiger partial charge in [0.05, 0.1) is 0 Å². The molecule has 1 fully saturated rings. The van der Waals surface area contributed by atoms with Gasteiger partial charge in [0, 0.05) is 18.3 Å². The summed E-state index contributed by atoms with van der Waals surface area (Å²) in [6.07, 6.45) is 4.39. The Balaban J connectivity index is 1.85. The molecule has 0 N–H and O–H groups in total. The lowest BCUT2D eigenvalue weighted by atomic mass is 10.0. The molecule has 0 spiro atoms. The highest BCUT2D eigenvalue weighted by Gasteiger charge is 2.30. The Hall–Kier alpha value is -1.19. The molecule has 1 aromatic heterocycles. The molecular formula is C18H21BrN2. The maximum Gasteiger partial charge on any atom is 0.106 e. The SMILES string of the molecule is Cc1ccc([C@@H](C)N2CCC[C@H]2c2ccnc(Br)c2)cc1. The van der Waals surface area contributed by atoms with Gasteiger partial charge in [-0.05, 0) is 72.4 Å². The monoisotopic (exact) mass is 344 g/mol. The molecule has 110 valence electrons. The van der Waals surface area contributed by atoms with E-state index in [1.165, 1.54) is 36.1 Å². The van der Waals surface area contributed by atoms with Crippen LogP contribution in [0.4, 0.5) is 0 Å². The fraction of sp³-hybridized carbons (Fsp3) is 0.389. The second-order valence-corrected chi connectivity index (χ2v) is 6.71. The zero-order valence-corrected chi connectivity index (χ0v) is 14.2. The summed E-state index contributed by atoms with van der Waals surface area (Å²) in [6.45, 7) is 5.63. The number of nitrogens with zero attached hydrogens (tertiary/aromatic N) is 2. The minimum absolute atomic E-state index is 0.449. The van der Waals surface area contributed by atoms with Gasteiger partial charge in [-0.2, -0.15) is 0 Å². The quantitative estimate of drug-likeness (QED) is 0.724. The molecule has 0 amide bonds. The van der Waals surface area contributed by atoms with Crippen LogP contribution in [0.3, 0.4) is 0 Å². The first-order valence-corrected chi connectivity index (χ1v) is 8.38. The van der Waals surface area contributed by atoms with E-state index in [4.69, 9.17) is 0 Å². The summed E-state index contributed by atoms with van der Waals surface area (Å²) in [5.41, 5.74) is 4.09. The van der Waals surface area contributed by atoms with Crippen molar-refractivity contribution in [3.8, 4) is 0 Å². The van der Waals surface area contributed by atoms with Crippen LogP contribution < -0.4 is 0 Å². The van der Waals surface area contributed by atoms with Gasteiger partial charge in [-0.15, -0.1) is 0 Å². The number of hydrogen-bond acceptors (Lipinski definition) is 2. The van der Waals surface area contributed by atoms with Gasteiger partial charge in [0.2, 0.25) is 0 Å². The Kier molecular flexibility index (Phi) is 4.41. The Labute approximate surface area is 135 Å². The van der Waals surface area contributed by atoms with Gasteiger partial charge in [0.15, 0.2) is 0 Å². The van der Waals surface area contributed by atoms with Crippen molar-refractivity contribution in [2.45, 2.75) is 38.8 Å². The molecule has 0 radical (unpaired) electrons. The van der Waals surface area contributed by atoms with E-state index in [1.54, 1.807) is 0 Å². The first kappa shape index (κ1) is 14.7. The summed E-state index contributed by atoms with van der Waals surface area (Å²) >= 11 is 3.49. The van der Waals surface area contributed by atoms with Crippen LogP contribution in [0.15, 0.2) is 47.2 Å². The van der Waals surface area contributed by atoms with Crippen LogP contribution in [0.2, 0.25) is 0 Å². The summed E-state index contributed by atoms with van der Waals surface area (Å²) in [6, 6.07) is 14.2. The fourth-order valence-corrected chi connectivity index (χ4v) is 3.65. The minimum atomic E-state index is 0.449. The van der Waals surface area contributed by atoms with E-state index in [2.05, 4.69) is 76.1 Å². The lowest BCUT2D eigenvalue weighted by molar-refractivity contribution is 0.194. The predicted octanol–water partition coefficient (Wildman–Crippen LogP) is 5.05. The van der Waals surface area contributed by atoms with E-state index in [1.807, 2.05) is 6.20 Å². The van der Waals surface area contributed by atoms with Crippen LogP contribution in [0, 0.1) is 6.92 Å². The van der Waals surface area contributed by atoms with Crippen molar-refractivity contribution in [3.05, 3.63) is 63.9 Å². The number of halogens is 1. The van der Waals surface area contributed by atoms with Gasteiger partial charge in [-0.1, -0.05) is 29.8 Å². The summed E-state index contributed by atoms with van der Waals surface area (Å²) in [5.74, 6) is 0. The van der Waals surface area contributed by atoms with E-state index in [9.17, 15) is 0 Å². The third-order valence-electron chi connectivity index (χ3n) is 4.49. The van der Waals surface area contributed by atoms with Gasteiger partial charge in [-0.25, -0.2) is 4.98 Å². The van der Waals surface area contributed by atoms with Crippen LogP contribution in [0.5, 0.6) is 0 Å². The number of benzene rings is 1. The molecule has 3 rings (SSSR count). The van der Waals surface area contributed by atoms with Crippen molar-refractivity contribution >= 4 is 15.9 Å². The summed E-state index contributed by atoms with van der Waals surface area (Å²) in [7, 11) is 0. The Morgan fingerprint density at radius 2 is 2.00 bits per heavy atom. The van der Waals surface area contributed by atoms with Gasteiger partial charge in [0.25, 0.3) is 0 Å². The zero-order chi connectivity index (χ0) is 14.8.